The van der Waals surface area contributed by atoms with Crippen LogP contribution in [0, 0.1) is 23.7 Å². The van der Waals surface area contributed by atoms with E-state index in [1.807, 2.05) is 62.2 Å². The molecule has 1 aromatic carbocycles. The molecule has 2 saturated heterocycles. The molecule has 29 heavy (non-hydrogen) atoms. The van der Waals surface area contributed by atoms with Crippen LogP contribution < -0.4 is 0 Å². The summed E-state index contributed by atoms with van der Waals surface area (Å²) in [6, 6.07) is 9.98. The zero-order valence-electron chi connectivity index (χ0n) is 17.2. The van der Waals surface area contributed by atoms with Crippen molar-refractivity contribution in [3.63, 3.8) is 0 Å². The van der Waals surface area contributed by atoms with Gasteiger partial charge in [-0.1, -0.05) is 24.1 Å². The zero-order valence-corrected chi connectivity index (χ0v) is 18.0. The number of hydrogen-bond acceptors (Lipinski definition) is 5. The van der Waals surface area contributed by atoms with Gasteiger partial charge in [0, 0.05) is 49.4 Å². The van der Waals surface area contributed by atoms with Crippen molar-refractivity contribution < 1.29 is 9.53 Å². The summed E-state index contributed by atoms with van der Waals surface area (Å²) in [4.78, 5) is 22.4. The molecule has 1 aromatic heterocycles. The first kappa shape index (κ1) is 19.9. The van der Waals surface area contributed by atoms with Crippen LogP contribution in [0.1, 0.15) is 36.2 Å². The van der Waals surface area contributed by atoms with Gasteiger partial charge in [-0.15, -0.1) is 11.3 Å². The molecule has 5 nitrogen and oxygen atoms in total. The third-order valence-electron chi connectivity index (χ3n) is 5.23. The predicted octanol–water partition coefficient (Wildman–Crippen LogP) is 3.84. The minimum Gasteiger partial charge on any atom is -0.444 e. The van der Waals surface area contributed by atoms with Gasteiger partial charge in [-0.3, -0.25) is 4.90 Å². The van der Waals surface area contributed by atoms with Crippen molar-refractivity contribution in [2.45, 2.75) is 32.9 Å². The Morgan fingerprint density at radius 3 is 2.48 bits per heavy atom. The molecule has 2 aromatic rings. The number of ether oxygens (including phenoxy) is 1. The number of rotatable bonds is 2. The number of thiazole rings is 1. The standard InChI is InChI=1S/C23H27N3O2S/c1-23(2,3)28-22(27)26-14-18-12-25(13-19(18)15-26)16-20-11-24-21(29-20)10-9-17-7-5-4-6-8-17/h4-8,11,18-19H,12-16H2,1-3H3. The molecule has 0 saturated carbocycles. The summed E-state index contributed by atoms with van der Waals surface area (Å²) in [6.45, 7) is 10.3. The van der Waals surface area contributed by atoms with Crippen molar-refractivity contribution in [3.05, 3.63) is 52.0 Å². The molecule has 152 valence electrons. The van der Waals surface area contributed by atoms with Crippen LogP contribution in [0.15, 0.2) is 36.5 Å². The fourth-order valence-corrected chi connectivity index (χ4v) is 4.81. The lowest BCUT2D eigenvalue weighted by Crippen LogP contribution is -2.37. The van der Waals surface area contributed by atoms with Crippen LogP contribution in [0.3, 0.4) is 0 Å². The van der Waals surface area contributed by atoms with Crippen LogP contribution in [0.5, 0.6) is 0 Å². The highest BCUT2D eigenvalue weighted by Crippen LogP contribution is 2.33. The van der Waals surface area contributed by atoms with E-state index in [1.165, 1.54) is 4.88 Å². The summed E-state index contributed by atoms with van der Waals surface area (Å²) in [5.41, 5.74) is 0.569. The minimum absolute atomic E-state index is 0.178. The van der Waals surface area contributed by atoms with Crippen molar-refractivity contribution in [2.75, 3.05) is 26.2 Å². The number of benzene rings is 1. The van der Waals surface area contributed by atoms with Gasteiger partial charge in [0.05, 0.1) is 0 Å². The van der Waals surface area contributed by atoms with Gasteiger partial charge in [-0.05, 0) is 50.7 Å². The average Bonchev–Trinajstić information content (AvgIpc) is 3.34. The lowest BCUT2D eigenvalue weighted by atomic mass is 10.0. The highest BCUT2D eigenvalue weighted by atomic mass is 32.1. The molecule has 2 atom stereocenters. The Morgan fingerprint density at radius 1 is 1.14 bits per heavy atom. The largest absolute Gasteiger partial charge is 0.444 e. The molecule has 4 rings (SSSR count). The number of carbonyl (C=O) groups is 1. The van der Waals surface area contributed by atoms with E-state index in [9.17, 15) is 4.79 Å². The van der Waals surface area contributed by atoms with Gasteiger partial charge in [0.1, 0.15) is 5.60 Å². The van der Waals surface area contributed by atoms with E-state index >= 15 is 0 Å². The average molecular weight is 410 g/mol. The Hall–Kier alpha value is -2.36. The maximum Gasteiger partial charge on any atom is 0.410 e. The maximum atomic E-state index is 12.3. The van der Waals surface area contributed by atoms with Crippen molar-refractivity contribution in [3.8, 4) is 11.8 Å². The van der Waals surface area contributed by atoms with Gasteiger partial charge in [0.2, 0.25) is 0 Å². The fraction of sp³-hybridized carbons (Fsp3) is 0.478. The van der Waals surface area contributed by atoms with E-state index in [4.69, 9.17) is 4.74 Å². The van der Waals surface area contributed by atoms with Crippen molar-refractivity contribution in [1.29, 1.82) is 0 Å². The highest BCUT2D eigenvalue weighted by molar-refractivity contribution is 7.12. The van der Waals surface area contributed by atoms with Gasteiger partial charge in [-0.2, -0.15) is 0 Å². The van der Waals surface area contributed by atoms with Crippen molar-refractivity contribution in [1.82, 2.24) is 14.8 Å². The second kappa shape index (κ2) is 8.17. The van der Waals surface area contributed by atoms with Crippen LogP contribution in [0.25, 0.3) is 0 Å². The molecule has 0 spiro atoms. The zero-order chi connectivity index (χ0) is 20.4. The molecule has 0 radical (unpaired) electrons. The van der Waals surface area contributed by atoms with Gasteiger partial charge in [0.25, 0.3) is 0 Å². The molecule has 1 amide bonds. The van der Waals surface area contributed by atoms with Gasteiger partial charge >= 0.3 is 6.09 Å². The van der Waals surface area contributed by atoms with Crippen LogP contribution in [-0.2, 0) is 11.3 Å². The van der Waals surface area contributed by atoms with Crippen molar-refractivity contribution in [2.24, 2.45) is 11.8 Å². The van der Waals surface area contributed by atoms with Crippen LogP contribution >= 0.6 is 11.3 Å². The Kier molecular flexibility index (Phi) is 5.62. The Balaban J connectivity index is 1.29. The molecule has 2 fully saturated rings. The lowest BCUT2D eigenvalue weighted by Gasteiger charge is -2.25. The smallest absolute Gasteiger partial charge is 0.410 e. The molecule has 0 bridgehead atoms. The van der Waals surface area contributed by atoms with E-state index in [-0.39, 0.29) is 6.09 Å². The Morgan fingerprint density at radius 2 is 1.83 bits per heavy atom. The predicted molar refractivity (Wildman–Crippen MR) is 115 cm³/mol. The van der Waals surface area contributed by atoms with E-state index in [0.29, 0.717) is 11.8 Å². The van der Waals surface area contributed by atoms with Gasteiger partial charge in [0.15, 0.2) is 5.01 Å². The molecule has 2 unspecified atom stereocenters. The maximum absolute atomic E-state index is 12.3. The van der Waals surface area contributed by atoms with Gasteiger partial charge < -0.3 is 9.64 Å². The van der Waals surface area contributed by atoms with E-state index in [2.05, 4.69) is 21.7 Å². The van der Waals surface area contributed by atoms with Crippen LogP contribution in [-0.4, -0.2) is 52.7 Å². The number of amides is 1. The summed E-state index contributed by atoms with van der Waals surface area (Å²) in [7, 11) is 0. The number of fused-ring (bicyclic) bond motifs is 1. The third-order valence-corrected chi connectivity index (χ3v) is 6.13. The normalized spacial score (nSPS) is 21.6. The topological polar surface area (TPSA) is 45.7 Å². The number of carbonyl (C=O) groups excluding carboxylic acids is 1. The lowest BCUT2D eigenvalue weighted by molar-refractivity contribution is 0.0274. The molecule has 3 heterocycles. The van der Waals surface area contributed by atoms with E-state index in [0.717, 1.165) is 43.3 Å². The number of hydrogen-bond donors (Lipinski definition) is 0. The summed E-state index contributed by atoms with van der Waals surface area (Å²) >= 11 is 1.67. The number of likely N-dealkylation sites (tertiary alicyclic amines) is 2. The number of nitrogens with zero attached hydrogens (tertiary/aromatic N) is 3. The minimum atomic E-state index is -0.436. The number of aromatic nitrogens is 1. The molecule has 2 aliphatic rings. The van der Waals surface area contributed by atoms with E-state index < -0.39 is 5.60 Å². The summed E-state index contributed by atoms with van der Waals surface area (Å²) < 4.78 is 5.52. The first-order valence-corrected chi connectivity index (χ1v) is 10.9. The highest BCUT2D eigenvalue weighted by Gasteiger charge is 2.42. The molecular weight excluding hydrogens is 382 g/mol. The summed E-state index contributed by atoms with van der Waals surface area (Å²) in [6.07, 6.45) is 1.77. The SMILES string of the molecule is CC(C)(C)OC(=O)N1CC2CN(Cc3cnc(C#Cc4ccccc4)s3)CC2C1. The second-order valence-corrected chi connectivity index (χ2v) is 9.96. The van der Waals surface area contributed by atoms with E-state index in [1.54, 1.807) is 11.3 Å². The van der Waals surface area contributed by atoms with Crippen LogP contribution in [0.4, 0.5) is 4.79 Å². The first-order valence-electron chi connectivity index (χ1n) is 10.1. The van der Waals surface area contributed by atoms with Crippen LogP contribution in [0.2, 0.25) is 0 Å². The molecule has 2 aliphatic heterocycles. The summed E-state index contributed by atoms with van der Waals surface area (Å²) in [5.74, 6) is 7.40. The molecular formula is C23H27N3O2S. The second-order valence-electron chi connectivity index (χ2n) is 8.85. The quantitative estimate of drug-likeness (QED) is 0.707. The van der Waals surface area contributed by atoms with Crippen molar-refractivity contribution >= 4 is 17.4 Å². The molecule has 0 aliphatic carbocycles. The Bertz CT molecular complexity index is 909. The monoisotopic (exact) mass is 409 g/mol. The first-order chi connectivity index (χ1) is 13.9. The molecule has 6 heteroatoms. The Labute approximate surface area is 176 Å². The fourth-order valence-electron chi connectivity index (χ4n) is 4.00. The van der Waals surface area contributed by atoms with Gasteiger partial charge in [-0.25, -0.2) is 9.78 Å². The summed E-state index contributed by atoms with van der Waals surface area (Å²) in [5, 5.41) is 0.861. The molecule has 0 N–H and O–H groups in total. The third kappa shape index (κ3) is 5.17.